The van der Waals surface area contributed by atoms with Crippen LogP contribution in [0.1, 0.15) is 51.4 Å². The minimum atomic E-state index is 0.578. The van der Waals surface area contributed by atoms with Gasteiger partial charge in [0.1, 0.15) is 0 Å². The summed E-state index contributed by atoms with van der Waals surface area (Å²) in [5.41, 5.74) is 0. The molecule has 6 rings (SSSR count). The van der Waals surface area contributed by atoms with Crippen LogP contribution in [0.3, 0.4) is 0 Å². The zero-order valence-corrected chi connectivity index (χ0v) is 9.85. The van der Waals surface area contributed by atoms with Crippen molar-refractivity contribution in [2.45, 2.75) is 55.7 Å². The predicted octanol–water partition coefficient (Wildman–Crippen LogP) is 4.13. The topological polar surface area (TPSA) is 0 Å². The summed E-state index contributed by atoms with van der Waals surface area (Å²) in [5.74, 6) is 3.24. The monoisotopic (exact) mass is 242 g/mol. The van der Waals surface area contributed by atoms with Crippen LogP contribution < -0.4 is 0 Å². The van der Waals surface area contributed by atoms with Crippen LogP contribution in [0.5, 0.6) is 0 Å². The molecule has 0 aliphatic heterocycles. The number of rotatable bonds is 0. The van der Waals surface area contributed by atoms with E-state index in [0.717, 1.165) is 17.8 Å². The van der Waals surface area contributed by atoms with Gasteiger partial charge in [-0.15, -0.1) is 0 Å². The van der Waals surface area contributed by atoms with Gasteiger partial charge in [-0.1, -0.05) is 15.9 Å². The molecule has 0 aromatic rings. The molecule has 0 spiro atoms. The summed E-state index contributed by atoms with van der Waals surface area (Å²) in [4.78, 5) is 0. The second-order valence-electron chi connectivity index (χ2n) is 5.48. The van der Waals surface area contributed by atoms with Gasteiger partial charge in [0.2, 0.25) is 0 Å². The van der Waals surface area contributed by atoms with Gasteiger partial charge in [-0.05, 0) is 69.1 Å². The molecule has 0 aromatic carbocycles. The van der Waals surface area contributed by atoms with Crippen LogP contribution in [0, 0.1) is 17.8 Å². The molecule has 0 saturated heterocycles. The Balaban J connectivity index is 1.93. The van der Waals surface area contributed by atoms with Crippen LogP contribution in [-0.4, -0.2) is 4.32 Å². The van der Waals surface area contributed by atoms with E-state index in [-0.39, 0.29) is 0 Å². The second-order valence-corrected chi connectivity index (χ2v) is 7.06. The van der Waals surface area contributed by atoms with Gasteiger partial charge >= 0.3 is 0 Å². The van der Waals surface area contributed by atoms with Gasteiger partial charge in [-0.2, -0.15) is 0 Å². The maximum absolute atomic E-state index is 4.07. The lowest BCUT2D eigenvalue weighted by Crippen LogP contribution is -2.43. The maximum Gasteiger partial charge on any atom is 0.0286 e. The molecule has 0 aromatic heterocycles. The van der Waals surface area contributed by atoms with Crippen molar-refractivity contribution in [1.82, 2.24) is 0 Å². The molecule has 0 atom stereocenters. The van der Waals surface area contributed by atoms with Gasteiger partial charge in [0.05, 0.1) is 0 Å². The predicted molar refractivity (Wildman–Crippen MR) is 59.1 cm³/mol. The van der Waals surface area contributed by atoms with E-state index >= 15 is 0 Å². The van der Waals surface area contributed by atoms with E-state index in [4.69, 9.17) is 0 Å². The van der Waals surface area contributed by atoms with Crippen LogP contribution in [-0.2, 0) is 0 Å². The first-order valence-corrected chi connectivity index (χ1v) is 6.76. The number of hydrogen-bond donors (Lipinski definition) is 0. The smallest absolute Gasteiger partial charge is 0.0286 e. The summed E-state index contributed by atoms with van der Waals surface area (Å²) >= 11 is 4.07. The molecular weight excluding hydrogens is 224 g/mol. The van der Waals surface area contributed by atoms with Crippen molar-refractivity contribution in [2.75, 3.05) is 0 Å². The average Bonchev–Trinajstić information content (AvgIpc) is 2.16. The van der Waals surface area contributed by atoms with Crippen molar-refractivity contribution in [3.05, 3.63) is 0 Å². The molecule has 0 unspecified atom stereocenters. The Morgan fingerprint density at radius 1 is 0.769 bits per heavy atom. The Bertz CT molecular complexity index is 195. The Kier molecular flexibility index (Phi) is 2.01. The van der Waals surface area contributed by atoms with Gasteiger partial charge in [-0.25, -0.2) is 0 Å². The Morgan fingerprint density at radius 3 is 1.92 bits per heavy atom. The Hall–Kier alpha value is 0.480. The van der Waals surface area contributed by atoms with E-state index in [9.17, 15) is 0 Å². The van der Waals surface area contributed by atoms with Crippen LogP contribution in [0.4, 0.5) is 0 Å². The lowest BCUT2D eigenvalue weighted by atomic mass is 9.60. The highest BCUT2D eigenvalue weighted by Gasteiger charge is 2.46. The SMILES string of the molecule is BrC12CCC(CC1)C1CCC2CC1. The van der Waals surface area contributed by atoms with E-state index in [1.807, 2.05) is 0 Å². The van der Waals surface area contributed by atoms with Crippen molar-refractivity contribution in [3.63, 3.8) is 0 Å². The van der Waals surface area contributed by atoms with Crippen LogP contribution in [0.2, 0.25) is 0 Å². The fourth-order valence-corrected chi connectivity index (χ4v) is 5.02. The van der Waals surface area contributed by atoms with Gasteiger partial charge in [-0.3, -0.25) is 0 Å². The molecule has 6 aliphatic rings. The van der Waals surface area contributed by atoms with Crippen LogP contribution in [0.25, 0.3) is 0 Å². The summed E-state index contributed by atoms with van der Waals surface area (Å²) in [6.07, 6.45) is 12.1. The third-order valence-corrected chi connectivity index (χ3v) is 6.47. The molecular formula is C12H19Br. The van der Waals surface area contributed by atoms with E-state index in [1.54, 1.807) is 12.8 Å². The Labute approximate surface area is 89.6 Å². The molecule has 0 nitrogen and oxygen atoms in total. The highest BCUT2D eigenvalue weighted by atomic mass is 79.9. The van der Waals surface area contributed by atoms with Crippen LogP contribution >= 0.6 is 15.9 Å². The molecule has 4 bridgehead atoms. The molecule has 74 valence electrons. The minimum Gasteiger partial charge on any atom is -0.0850 e. The van der Waals surface area contributed by atoms with Crippen molar-refractivity contribution in [1.29, 1.82) is 0 Å². The van der Waals surface area contributed by atoms with E-state index in [1.165, 1.54) is 38.5 Å². The lowest BCUT2D eigenvalue weighted by Gasteiger charge is -2.51. The van der Waals surface area contributed by atoms with Gasteiger partial charge in [0, 0.05) is 4.32 Å². The largest absolute Gasteiger partial charge is 0.0850 e. The van der Waals surface area contributed by atoms with Gasteiger partial charge < -0.3 is 0 Å². The number of hydrogen-bond acceptors (Lipinski definition) is 0. The van der Waals surface area contributed by atoms with Crippen molar-refractivity contribution >= 4 is 15.9 Å². The zero-order valence-electron chi connectivity index (χ0n) is 8.27. The van der Waals surface area contributed by atoms with Crippen molar-refractivity contribution < 1.29 is 0 Å². The highest BCUT2D eigenvalue weighted by molar-refractivity contribution is 9.10. The fraction of sp³-hybridized carbons (Fsp3) is 1.00. The lowest BCUT2D eigenvalue weighted by molar-refractivity contribution is 0.0762. The molecule has 1 heteroatoms. The van der Waals surface area contributed by atoms with Gasteiger partial charge in [0.25, 0.3) is 0 Å². The summed E-state index contributed by atoms with van der Waals surface area (Å²) < 4.78 is 0.578. The molecule has 6 fully saturated rings. The minimum absolute atomic E-state index is 0.578. The summed E-state index contributed by atoms with van der Waals surface area (Å²) in [7, 11) is 0. The zero-order chi connectivity index (χ0) is 8.89. The standard InChI is InChI=1S/C12H19Br/c13-12-7-5-10(6-8-12)9-1-3-11(12)4-2-9/h9-11H,1-8H2. The molecule has 6 aliphatic carbocycles. The quantitative estimate of drug-likeness (QED) is 0.561. The molecule has 0 radical (unpaired) electrons. The first kappa shape index (κ1) is 8.76. The molecule has 6 saturated carbocycles. The van der Waals surface area contributed by atoms with E-state index < -0.39 is 0 Å². The third kappa shape index (κ3) is 1.30. The van der Waals surface area contributed by atoms with Crippen molar-refractivity contribution in [2.24, 2.45) is 17.8 Å². The molecule has 0 heterocycles. The van der Waals surface area contributed by atoms with Crippen LogP contribution in [0.15, 0.2) is 0 Å². The van der Waals surface area contributed by atoms with Crippen molar-refractivity contribution in [3.8, 4) is 0 Å². The number of alkyl halides is 1. The normalized spacial score (nSPS) is 54.7. The van der Waals surface area contributed by atoms with Gasteiger partial charge in [0.15, 0.2) is 0 Å². The summed E-state index contributed by atoms with van der Waals surface area (Å²) in [6.45, 7) is 0. The third-order valence-electron chi connectivity index (χ3n) is 5.03. The Morgan fingerprint density at radius 2 is 1.31 bits per heavy atom. The maximum atomic E-state index is 4.07. The average molecular weight is 243 g/mol. The summed E-state index contributed by atoms with van der Waals surface area (Å²) in [6, 6.07) is 0. The number of halogens is 1. The van der Waals surface area contributed by atoms with E-state index in [2.05, 4.69) is 15.9 Å². The first-order chi connectivity index (χ1) is 6.28. The summed E-state index contributed by atoms with van der Waals surface area (Å²) in [5, 5.41) is 0. The molecule has 0 amide bonds. The molecule has 13 heavy (non-hydrogen) atoms. The van der Waals surface area contributed by atoms with E-state index in [0.29, 0.717) is 4.32 Å². The molecule has 0 N–H and O–H groups in total. The first-order valence-electron chi connectivity index (χ1n) is 5.97. The highest BCUT2D eigenvalue weighted by Crippen LogP contribution is 2.55. The fourth-order valence-electron chi connectivity index (χ4n) is 4.11. The second kappa shape index (κ2) is 2.98.